The van der Waals surface area contributed by atoms with E-state index in [2.05, 4.69) is 0 Å². The quantitative estimate of drug-likeness (QED) is 0.501. The zero-order chi connectivity index (χ0) is 18.1. The van der Waals surface area contributed by atoms with Crippen molar-refractivity contribution in [3.63, 3.8) is 0 Å². The molecule has 0 saturated heterocycles. The lowest BCUT2D eigenvalue weighted by Gasteiger charge is -2.14. The van der Waals surface area contributed by atoms with E-state index in [-0.39, 0.29) is 39.0 Å². The lowest BCUT2D eigenvalue weighted by atomic mass is 9.85. The number of hydrogen-bond acceptors (Lipinski definition) is 5. The number of benzene rings is 3. The van der Waals surface area contributed by atoms with Crippen LogP contribution < -0.4 is 0 Å². The van der Waals surface area contributed by atoms with Crippen LogP contribution in [0.3, 0.4) is 0 Å². The molecule has 3 aromatic rings. The van der Waals surface area contributed by atoms with Gasteiger partial charge in [0.1, 0.15) is 24.3 Å². The van der Waals surface area contributed by atoms with Crippen molar-refractivity contribution >= 4 is 27.3 Å². The average Bonchev–Trinajstić information content (AvgIpc) is 2.63. The number of hydrogen-bond donors (Lipinski definition) is 0. The Hall–Kier alpha value is -4.19. The molecule has 5 nitrogen and oxygen atoms in total. The van der Waals surface area contributed by atoms with Gasteiger partial charge >= 0.3 is 0 Å². The maximum atomic E-state index is 12.4. The van der Waals surface area contributed by atoms with Crippen LogP contribution in [0.1, 0.15) is 39.5 Å². The van der Waals surface area contributed by atoms with E-state index < -0.39 is 0 Å². The second kappa shape index (κ2) is 5.78. The third-order valence-corrected chi connectivity index (χ3v) is 4.12. The summed E-state index contributed by atoms with van der Waals surface area (Å²) in [6, 6.07) is 16.4. The molecule has 0 aliphatic rings. The van der Waals surface area contributed by atoms with Gasteiger partial charge in [-0.3, -0.25) is 4.79 Å². The van der Waals surface area contributed by atoms with E-state index in [0.717, 1.165) is 0 Å². The number of fused-ring (bicyclic) bond motifs is 2. The molecule has 0 fully saturated rings. The molecule has 0 heterocycles. The monoisotopic (exact) mass is 320 g/mol. The highest BCUT2D eigenvalue weighted by atomic mass is 16.1. The first-order valence-corrected chi connectivity index (χ1v) is 7.25. The summed E-state index contributed by atoms with van der Waals surface area (Å²) >= 11 is 0. The van der Waals surface area contributed by atoms with Crippen molar-refractivity contribution in [2.75, 3.05) is 0 Å². The molecule has 0 unspecified atom stereocenters. The van der Waals surface area contributed by atoms with E-state index in [0.29, 0.717) is 16.2 Å². The minimum Gasteiger partial charge on any atom is -0.294 e. The van der Waals surface area contributed by atoms with Crippen molar-refractivity contribution in [3.8, 4) is 24.3 Å². The first-order chi connectivity index (χ1) is 12.1. The predicted octanol–water partition coefficient (Wildman–Crippen LogP) is 3.68. The average molecular weight is 320 g/mol. The molecule has 0 atom stereocenters. The molecule has 5 heteroatoms. The van der Waals surface area contributed by atoms with Gasteiger partial charge in [0.25, 0.3) is 0 Å². The van der Waals surface area contributed by atoms with Crippen molar-refractivity contribution in [2.45, 2.75) is 6.92 Å². The van der Waals surface area contributed by atoms with Gasteiger partial charge in [-0.05, 0) is 23.8 Å². The summed E-state index contributed by atoms with van der Waals surface area (Å²) in [6.07, 6.45) is 0. The summed E-state index contributed by atoms with van der Waals surface area (Å²) in [5.74, 6) is -0.282. The van der Waals surface area contributed by atoms with Crippen LogP contribution in [0.4, 0.5) is 0 Å². The molecule has 0 spiro atoms. The Bertz CT molecular complexity index is 1260. The van der Waals surface area contributed by atoms with Gasteiger partial charge in [0, 0.05) is 16.3 Å². The molecule has 0 aliphatic carbocycles. The van der Waals surface area contributed by atoms with Crippen LogP contribution >= 0.6 is 0 Å². The summed E-state index contributed by atoms with van der Waals surface area (Å²) in [5.41, 5.74) is -0.0851. The first kappa shape index (κ1) is 15.7. The Labute approximate surface area is 143 Å². The van der Waals surface area contributed by atoms with Gasteiger partial charge in [0.2, 0.25) is 0 Å². The third kappa shape index (κ3) is 2.09. The summed E-state index contributed by atoms with van der Waals surface area (Å²) < 4.78 is 0. The number of ketones is 1. The molecule has 0 bridgehead atoms. The van der Waals surface area contributed by atoms with Crippen molar-refractivity contribution < 1.29 is 4.79 Å². The van der Waals surface area contributed by atoms with Gasteiger partial charge in [0.15, 0.2) is 5.78 Å². The highest BCUT2D eigenvalue weighted by Crippen LogP contribution is 2.36. The zero-order valence-corrected chi connectivity index (χ0v) is 13.1. The highest BCUT2D eigenvalue weighted by Gasteiger charge is 2.24. The number of nitriles is 4. The Balaban J connectivity index is 2.84. The SMILES string of the molecule is CC(=O)c1c2ccccc2cc2c(C#N)c(C#N)c(C#N)c(C#N)c12. The molecule has 114 valence electrons. The smallest absolute Gasteiger partial charge is 0.161 e. The van der Waals surface area contributed by atoms with Crippen LogP contribution in [0.2, 0.25) is 0 Å². The van der Waals surface area contributed by atoms with Gasteiger partial charge in [-0.25, -0.2) is 0 Å². The molecule has 0 amide bonds. The van der Waals surface area contributed by atoms with E-state index >= 15 is 0 Å². The predicted molar refractivity (Wildman–Crippen MR) is 90.3 cm³/mol. The fourth-order valence-corrected chi connectivity index (χ4v) is 3.13. The fourth-order valence-electron chi connectivity index (χ4n) is 3.13. The number of rotatable bonds is 1. The van der Waals surface area contributed by atoms with E-state index in [9.17, 15) is 25.8 Å². The number of nitrogens with zero attached hydrogens (tertiary/aromatic N) is 4. The standard InChI is InChI=1S/C20H8N4O/c1-11(25)19-13-5-3-2-4-12(13)6-14-15(7-21)16(8-22)17(9-23)18(10-24)20(14)19/h2-6H,1H3. The highest BCUT2D eigenvalue weighted by molar-refractivity contribution is 6.21. The molecule has 0 saturated carbocycles. The van der Waals surface area contributed by atoms with Gasteiger partial charge in [-0.2, -0.15) is 21.0 Å². The molecule has 0 radical (unpaired) electrons. The van der Waals surface area contributed by atoms with Gasteiger partial charge in [0.05, 0.1) is 22.3 Å². The van der Waals surface area contributed by atoms with Crippen LogP contribution in [0, 0.1) is 45.3 Å². The fraction of sp³-hybridized carbons (Fsp3) is 0.0500. The summed E-state index contributed by atoms with van der Waals surface area (Å²) in [5, 5.41) is 39.9. The molecule has 3 rings (SSSR count). The maximum Gasteiger partial charge on any atom is 0.161 e. The van der Waals surface area contributed by atoms with Gasteiger partial charge < -0.3 is 0 Å². The molecular formula is C20H8N4O. The molecular weight excluding hydrogens is 312 g/mol. The Morgan fingerprint density at radius 3 is 1.92 bits per heavy atom. The van der Waals surface area contributed by atoms with Crippen LogP contribution in [-0.2, 0) is 0 Å². The Morgan fingerprint density at radius 1 is 0.800 bits per heavy atom. The Kier molecular flexibility index (Phi) is 3.63. The van der Waals surface area contributed by atoms with Crippen molar-refractivity contribution in [3.05, 3.63) is 58.1 Å². The van der Waals surface area contributed by atoms with Crippen molar-refractivity contribution in [2.24, 2.45) is 0 Å². The molecule has 0 aromatic heterocycles. The van der Waals surface area contributed by atoms with E-state index in [1.165, 1.54) is 6.92 Å². The minimum absolute atomic E-state index is 0.00121. The molecule has 25 heavy (non-hydrogen) atoms. The topological polar surface area (TPSA) is 112 Å². The van der Waals surface area contributed by atoms with Crippen LogP contribution in [-0.4, -0.2) is 5.78 Å². The molecule has 0 aliphatic heterocycles. The summed E-state index contributed by atoms with van der Waals surface area (Å²) in [6.45, 7) is 1.37. The summed E-state index contributed by atoms with van der Waals surface area (Å²) in [7, 11) is 0. The van der Waals surface area contributed by atoms with Crippen molar-refractivity contribution in [1.29, 1.82) is 21.0 Å². The first-order valence-electron chi connectivity index (χ1n) is 7.25. The van der Waals surface area contributed by atoms with Crippen molar-refractivity contribution in [1.82, 2.24) is 0 Å². The maximum absolute atomic E-state index is 12.4. The normalized spacial score (nSPS) is 9.80. The van der Waals surface area contributed by atoms with E-state index in [1.807, 2.05) is 24.3 Å². The van der Waals surface area contributed by atoms with E-state index in [4.69, 9.17) is 0 Å². The lowest BCUT2D eigenvalue weighted by Crippen LogP contribution is -2.04. The third-order valence-electron chi connectivity index (χ3n) is 4.12. The van der Waals surface area contributed by atoms with Gasteiger partial charge in [-0.1, -0.05) is 24.3 Å². The van der Waals surface area contributed by atoms with Gasteiger partial charge in [-0.15, -0.1) is 0 Å². The Morgan fingerprint density at radius 2 is 1.36 bits per heavy atom. The van der Waals surface area contributed by atoms with E-state index in [1.54, 1.807) is 30.3 Å². The largest absolute Gasteiger partial charge is 0.294 e. The van der Waals surface area contributed by atoms with Crippen LogP contribution in [0.5, 0.6) is 0 Å². The zero-order valence-electron chi connectivity index (χ0n) is 13.1. The second-order valence-corrected chi connectivity index (χ2v) is 5.40. The summed E-state index contributed by atoms with van der Waals surface area (Å²) in [4.78, 5) is 12.4. The second-order valence-electron chi connectivity index (χ2n) is 5.40. The van der Waals surface area contributed by atoms with Crippen LogP contribution in [0.15, 0.2) is 30.3 Å². The number of carbonyl (C=O) groups is 1. The minimum atomic E-state index is -0.282. The molecule has 0 N–H and O–H groups in total. The number of carbonyl (C=O) groups excluding carboxylic acids is 1. The number of Topliss-reactive ketones (excluding diaryl/α,β-unsaturated/α-hetero) is 1. The van der Waals surface area contributed by atoms with Crippen LogP contribution in [0.25, 0.3) is 21.5 Å². The molecule has 3 aromatic carbocycles. The lowest BCUT2D eigenvalue weighted by molar-refractivity contribution is 0.102.